The molecule has 0 saturated heterocycles. The van der Waals surface area contributed by atoms with Crippen molar-refractivity contribution in [2.24, 2.45) is 5.73 Å². The lowest BCUT2D eigenvalue weighted by molar-refractivity contribution is 0.0708. The molecule has 3 N–H and O–H groups in total. The van der Waals surface area contributed by atoms with Crippen molar-refractivity contribution in [2.45, 2.75) is 39.4 Å². The van der Waals surface area contributed by atoms with Crippen LogP contribution in [0.4, 0.5) is 0 Å². The highest BCUT2D eigenvalue weighted by Crippen LogP contribution is 2.17. The molecule has 0 aromatic heterocycles. The van der Waals surface area contributed by atoms with Crippen molar-refractivity contribution >= 4 is 14.9 Å². The van der Waals surface area contributed by atoms with Crippen LogP contribution in [0, 0.1) is 0 Å². The second-order valence-electron chi connectivity index (χ2n) is 5.34. The van der Waals surface area contributed by atoms with Crippen molar-refractivity contribution in [1.82, 2.24) is 5.32 Å². The summed E-state index contributed by atoms with van der Waals surface area (Å²) in [6.07, 6.45) is 4.72. The molecule has 0 spiro atoms. The molecule has 0 radical (unpaired) electrons. The predicted molar refractivity (Wildman–Crippen MR) is 102 cm³/mol. The molecule has 1 unspecified atom stereocenters. The predicted octanol–water partition coefficient (Wildman–Crippen LogP) is 3.01. The Balaban J connectivity index is 2.37. The van der Waals surface area contributed by atoms with E-state index in [4.69, 9.17) is 19.0 Å². The van der Waals surface area contributed by atoms with Crippen molar-refractivity contribution in [3.8, 4) is 0 Å². The van der Waals surface area contributed by atoms with Gasteiger partial charge in [0.05, 0.1) is 6.17 Å². The van der Waals surface area contributed by atoms with Gasteiger partial charge < -0.3 is 19.0 Å². The minimum atomic E-state index is -2.54. The van der Waals surface area contributed by atoms with E-state index < -0.39 is 8.80 Å². The van der Waals surface area contributed by atoms with Gasteiger partial charge in [0.25, 0.3) is 0 Å². The van der Waals surface area contributed by atoms with Gasteiger partial charge in [-0.2, -0.15) is 0 Å². The maximum Gasteiger partial charge on any atom is 0.500 e. The average molecular weight is 353 g/mol. The van der Waals surface area contributed by atoms with E-state index in [1.54, 1.807) is 0 Å². The first-order valence-electron chi connectivity index (χ1n) is 8.79. The molecule has 5 nitrogen and oxygen atoms in total. The van der Waals surface area contributed by atoms with Crippen LogP contribution in [0.2, 0.25) is 6.04 Å². The summed E-state index contributed by atoms with van der Waals surface area (Å²) in [5.41, 5.74) is 7.21. The van der Waals surface area contributed by atoms with Gasteiger partial charge in [-0.15, -0.1) is 0 Å². The van der Waals surface area contributed by atoms with Gasteiger partial charge in [-0.3, -0.25) is 5.32 Å². The molecule has 0 aliphatic carbocycles. The molecule has 0 bridgehead atoms. The van der Waals surface area contributed by atoms with Crippen molar-refractivity contribution in [1.29, 1.82) is 0 Å². The van der Waals surface area contributed by atoms with Crippen molar-refractivity contribution < 1.29 is 13.3 Å². The molecule has 1 aromatic carbocycles. The molecule has 0 fully saturated rings. The number of hydrogen-bond donors (Lipinski definition) is 2. The van der Waals surface area contributed by atoms with E-state index in [2.05, 4.69) is 17.4 Å². The van der Waals surface area contributed by atoms with Crippen LogP contribution in [0.1, 0.15) is 32.8 Å². The molecule has 0 aliphatic heterocycles. The van der Waals surface area contributed by atoms with Crippen molar-refractivity contribution in [2.75, 3.05) is 26.4 Å². The Labute approximate surface area is 147 Å². The van der Waals surface area contributed by atoms with Crippen LogP contribution < -0.4 is 11.1 Å². The Hall–Kier alpha value is -1.02. The standard InChI is InChI=1S/C18H32N2O3Si/c1-4-21-24(22-5-2,23-6-3)16-10-15-20-18(19)14-13-17-11-8-7-9-12-17/h7-9,11-14,18,20H,4-6,10,15-16,19H2,1-3H3. The van der Waals surface area contributed by atoms with Gasteiger partial charge in [0.2, 0.25) is 0 Å². The molecular formula is C18H32N2O3Si. The van der Waals surface area contributed by atoms with Crippen LogP contribution in [0.25, 0.3) is 6.08 Å². The minimum absolute atomic E-state index is 0.174. The summed E-state index contributed by atoms with van der Waals surface area (Å²) in [5.74, 6) is 0. The van der Waals surface area contributed by atoms with Gasteiger partial charge in [0.15, 0.2) is 0 Å². The van der Waals surface area contributed by atoms with Gasteiger partial charge in [0.1, 0.15) is 0 Å². The third-order valence-corrected chi connectivity index (χ3v) is 6.58. The molecular weight excluding hydrogens is 320 g/mol. The van der Waals surface area contributed by atoms with Crippen LogP contribution in [0.5, 0.6) is 0 Å². The first kappa shape index (κ1) is 21.0. The topological polar surface area (TPSA) is 65.7 Å². The van der Waals surface area contributed by atoms with Gasteiger partial charge in [-0.25, -0.2) is 0 Å². The monoisotopic (exact) mass is 352 g/mol. The largest absolute Gasteiger partial charge is 0.500 e. The fraction of sp³-hybridized carbons (Fsp3) is 0.556. The Morgan fingerprint density at radius 2 is 1.62 bits per heavy atom. The van der Waals surface area contributed by atoms with Gasteiger partial charge in [0, 0.05) is 25.9 Å². The van der Waals surface area contributed by atoms with E-state index >= 15 is 0 Å². The number of benzene rings is 1. The minimum Gasteiger partial charge on any atom is -0.374 e. The Morgan fingerprint density at radius 3 is 2.17 bits per heavy atom. The molecule has 1 atom stereocenters. The summed E-state index contributed by atoms with van der Waals surface area (Å²) in [6, 6.07) is 10.9. The number of rotatable bonds is 13. The van der Waals surface area contributed by atoms with Gasteiger partial charge in [-0.05, 0) is 39.3 Å². The summed E-state index contributed by atoms with van der Waals surface area (Å²) in [6.45, 7) is 8.55. The highest BCUT2D eigenvalue weighted by atomic mass is 28.4. The molecule has 0 saturated carbocycles. The maximum atomic E-state index is 6.07. The summed E-state index contributed by atoms with van der Waals surface area (Å²) in [5, 5.41) is 3.30. The fourth-order valence-corrected chi connectivity index (χ4v) is 5.03. The third kappa shape index (κ3) is 8.19. The average Bonchev–Trinajstić information content (AvgIpc) is 2.59. The lowest BCUT2D eigenvalue weighted by atomic mass is 10.2. The lowest BCUT2D eigenvalue weighted by Gasteiger charge is -2.28. The molecule has 136 valence electrons. The van der Waals surface area contributed by atoms with Crippen LogP contribution in [0.15, 0.2) is 36.4 Å². The molecule has 1 aromatic rings. The highest BCUT2D eigenvalue weighted by Gasteiger charge is 2.39. The molecule has 0 aliphatic rings. The third-order valence-electron chi connectivity index (χ3n) is 3.43. The summed E-state index contributed by atoms with van der Waals surface area (Å²) in [4.78, 5) is 0. The second kappa shape index (κ2) is 12.4. The second-order valence-corrected chi connectivity index (χ2v) is 8.07. The molecule has 6 heteroatoms. The normalized spacial score (nSPS) is 13.5. The number of hydrogen-bond acceptors (Lipinski definition) is 5. The smallest absolute Gasteiger partial charge is 0.374 e. The SMILES string of the molecule is CCO[Si](CCCNC(N)C=Cc1ccccc1)(OCC)OCC. The Kier molecular flexibility index (Phi) is 10.8. The van der Waals surface area contributed by atoms with Crippen molar-refractivity contribution in [3.05, 3.63) is 42.0 Å². The highest BCUT2D eigenvalue weighted by molar-refractivity contribution is 6.60. The quantitative estimate of drug-likeness (QED) is 0.324. The summed E-state index contributed by atoms with van der Waals surface area (Å²) < 4.78 is 17.5. The van der Waals surface area contributed by atoms with Gasteiger partial charge >= 0.3 is 8.80 Å². The number of nitrogens with one attached hydrogen (secondary N) is 1. The lowest BCUT2D eigenvalue weighted by Crippen LogP contribution is -2.46. The van der Waals surface area contributed by atoms with E-state index in [1.165, 1.54) is 0 Å². The van der Waals surface area contributed by atoms with Crippen LogP contribution in [-0.4, -0.2) is 41.3 Å². The first-order chi connectivity index (χ1) is 11.7. The van der Waals surface area contributed by atoms with Crippen LogP contribution >= 0.6 is 0 Å². The van der Waals surface area contributed by atoms with E-state index in [9.17, 15) is 0 Å². The zero-order valence-corrected chi connectivity index (χ0v) is 16.2. The first-order valence-corrected chi connectivity index (χ1v) is 10.7. The fourth-order valence-electron chi connectivity index (χ4n) is 2.42. The van der Waals surface area contributed by atoms with E-state index in [-0.39, 0.29) is 6.17 Å². The zero-order valence-electron chi connectivity index (χ0n) is 15.2. The Morgan fingerprint density at radius 1 is 1.04 bits per heavy atom. The zero-order chi connectivity index (χ0) is 17.7. The molecule has 0 heterocycles. The van der Waals surface area contributed by atoms with Crippen molar-refractivity contribution in [3.63, 3.8) is 0 Å². The van der Waals surface area contributed by atoms with Gasteiger partial charge in [-0.1, -0.05) is 42.5 Å². The summed E-state index contributed by atoms with van der Waals surface area (Å²) in [7, 11) is -2.54. The molecule has 1 rings (SSSR count). The molecule has 0 amide bonds. The maximum absolute atomic E-state index is 6.07. The van der Waals surface area contributed by atoms with E-state index in [0.717, 1.165) is 24.6 Å². The van der Waals surface area contributed by atoms with Crippen LogP contribution in [0.3, 0.4) is 0 Å². The Bertz CT molecular complexity index is 440. The number of nitrogens with two attached hydrogens (primary N) is 1. The van der Waals surface area contributed by atoms with E-state index in [1.807, 2.05) is 51.1 Å². The summed E-state index contributed by atoms with van der Waals surface area (Å²) >= 11 is 0. The van der Waals surface area contributed by atoms with E-state index in [0.29, 0.717) is 19.8 Å². The van der Waals surface area contributed by atoms with Crippen LogP contribution in [-0.2, 0) is 13.3 Å². The molecule has 24 heavy (non-hydrogen) atoms.